The van der Waals surface area contributed by atoms with Gasteiger partial charge in [-0.1, -0.05) is 0 Å². The van der Waals surface area contributed by atoms with Gasteiger partial charge in [-0.15, -0.1) is 11.6 Å². The fourth-order valence-corrected chi connectivity index (χ4v) is 4.22. The fraction of sp³-hybridized carbons (Fsp3) is 0.500. The van der Waals surface area contributed by atoms with Crippen LogP contribution < -0.4 is 5.32 Å². The van der Waals surface area contributed by atoms with Crippen molar-refractivity contribution >= 4 is 47.6 Å². The second kappa shape index (κ2) is 9.43. The second-order valence-electron chi connectivity index (χ2n) is 7.71. The molecule has 0 bridgehead atoms. The number of aliphatic imine (C=N–C) groups is 1. The number of halogens is 1. The number of allylic oxidation sites excluding steroid dienone is 1. The van der Waals surface area contributed by atoms with Crippen molar-refractivity contribution in [1.82, 2.24) is 19.8 Å². The molecule has 3 aliphatic rings. The van der Waals surface area contributed by atoms with Gasteiger partial charge in [0.2, 0.25) is 5.91 Å². The lowest BCUT2D eigenvalue weighted by molar-refractivity contribution is -0.166. The number of alkyl halides is 1. The van der Waals surface area contributed by atoms with Gasteiger partial charge in [0, 0.05) is 32.5 Å². The van der Waals surface area contributed by atoms with Gasteiger partial charge >= 0.3 is 17.9 Å². The minimum Gasteiger partial charge on any atom is -0.463 e. The Morgan fingerprint density at radius 2 is 1.85 bits per heavy atom. The Hall–Kier alpha value is -3.45. The first-order chi connectivity index (χ1) is 16.2. The molecule has 1 amide bonds. The first kappa shape index (κ1) is 23.7. The minimum absolute atomic E-state index is 0.0914. The summed E-state index contributed by atoms with van der Waals surface area (Å²) in [4.78, 5) is 57.6. The van der Waals surface area contributed by atoms with Crippen LogP contribution in [-0.4, -0.2) is 75.4 Å². The number of fused-ring (bicyclic) bond motifs is 3. The molecule has 4 heterocycles. The van der Waals surface area contributed by atoms with E-state index in [1.165, 1.54) is 44.1 Å². The molecule has 1 aromatic rings. The van der Waals surface area contributed by atoms with Crippen molar-refractivity contribution in [3.63, 3.8) is 0 Å². The Morgan fingerprint density at radius 3 is 2.50 bits per heavy atom. The van der Waals surface area contributed by atoms with Crippen molar-refractivity contribution < 1.29 is 38.1 Å². The predicted octanol–water partition coefficient (Wildman–Crippen LogP) is 0.433. The van der Waals surface area contributed by atoms with E-state index in [0.717, 1.165) is 0 Å². The van der Waals surface area contributed by atoms with Gasteiger partial charge in [0.05, 0.1) is 18.5 Å². The van der Waals surface area contributed by atoms with E-state index >= 15 is 0 Å². The number of carbonyl (C=O) groups excluding carboxylic acids is 4. The number of carbonyl (C=O) groups is 4. The highest BCUT2D eigenvalue weighted by molar-refractivity contribution is 6.20. The van der Waals surface area contributed by atoms with Crippen LogP contribution in [0.4, 0.5) is 5.82 Å². The third-order valence-electron chi connectivity index (χ3n) is 5.30. The normalized spacial score (nSPS) is 27.3. The van der Waals surface area contributed by atoms with Crippen LogP contribution >= 0.6 is 11.6 Å². The molecule has 1 fully saturated rings. The number of nitrogens with one attached hydrogen (secondary N) is 1. The smallest absolute Gasteiger partial charge is 0.303 e. The lowest BCUT2D eigenvalue weighted by Crippen LogP contribution is -2.45. The van der Waals surface area contributed by atoms with E-state index in [-0.39, 0.29) is 18.4 Å². The Morgan fingerprint density at radius 1 is 1.15 bits per heavy atom. The van der Waals surface area contributed by atoms with Crippen molar-refractivity contribution in [3.05, 3.63) is 23.8 Å². The van der Waals surface area contributed by atoms with Crippen LogP contribution in [0.2, 0.25) is 0 Å². The quantitative estimate of drug-likeness (QED) is 0.334. The van der Waals surface area contributed by atoms with Gasteiger partial charge in [0.1, 0.15) is 18.4 Å². The predicted molar refractivity (Wildman–Crippen MR) is 114 cm³/mol. The van der Waals surface area contributed by atoms with Crippen molar-refractivity contribution in [2.75, 3.05) is 12.5 Å². The molecule has 5 atom stereocenters. The summed E-state index contributed by atoms with van der Waals surface area (Å²) in [6.07, 6.45) is -0.473. The molecule has 0 spiro atoms. The molecule has 5 unspecified atom stereocenters. The Bertz CT molecular complexity index is 1090. The summed E-state index contributed by atoms with van der Waals surface area (Å²) in [5.74, 6) is -1.74. The monoisotopic (exact) mass is 495 g/mol. The van der Waals surface area contributed by atoms with Crippen LogP contribution in [0.1, 0.15) is 38.9 Å². The van der Waals surface area contributed by atoms with Crippen LogP contribution in [0.5, 0.6) is 0 Å². The Labute approximate surface area is 198 Å². The fourth-order valence-electron chi connectivity index (χ4n) is 4.00. The number of hydrogen-bond donors (Lipinski definition) is 1. The van der Waals surface area contributed by atoms with E-state index in [2.05, 4.69) is 15.3 Å². The van der Waals surface area contributed by atoms with E-state index in [0.29, 0.717) is 17.2 Å². The van der Waals surface area contributed by atoms with Gasteiger partial charge < -0.3 is 29.2 Å². The number of nitrogens with zero attached hydrogens (tertiary/aromatic N) is 4. The molecule has 34 heavy (non-hydrogen) atoms. The third-order valence-corrected chi connectivity index (χ3v) is 5.57. The summed E-state index contributed by atoms with van der Waals surface area (Å²) in [7, 11) is 0. The highest BCUT2D eigenvalue weighted by atomic mass is 35.5. The van der Waals surface area contributed by atoms with Gasteiger partial charge in [-0.2, -0.15) is 0 Å². The molecule has 0 saturated carbocycles. The zero-order valence-corrected chi connectivity index (χ0v) is 19.2. The van der Waals surface area contributed by atoms with Gasteiger partial charge in [-0.3, -0.25) is 23.7 Å². The molecule has 0 aliphatic carbocycles. The number of esters is 3. The molecule has 0 radical (unpaired) electrons. The summed E-state index contributed by atoms with van der Waals surface area (Å²) in [6, 6.07) is 0. The molecule has 0 aromatic carbocycles. The van der Waals surface area contributed by atoms with E-state index in [1.54, 1.807) is 4.90 Å². The highest BCUT2D eigenvalue weighted by Crippen LogP contribution is 2.41. The maximum atomic E-state index is 12.1. The van der Waals surface area contributed by atoms with Gasteiger partial charge in [-0.05, 0) is 0 Å². The molecule has 1 aromatic heterocycles. The molecule has 182 valence electrons. The first-order valence-corrected chi connectivity index (χ1v) is 10.8. The average Bonchev–Trinajstić information content (AvgIpc) is 3.33. The standard InChI is InChI=1S/C20H22ClN5O8/c1-9(27)31-6-13-16(32-10(2)28)17(33-11(3)29)20(34-13)26-7-22-15-18(26)23-8-25-12(5-21)4-14(30)24-19(15)25/h4,7-8,13,16-17,19-20H,5-6H2,1-3H3,(H,24,30). The lowest BCUT2D eigenvalue weighted by atomic mass is 10.1. The number of imidazole rings is 1. The highest BCUT2D eigenvalue weighted by Gasteiger charge is 2.51. The average molecular weight is 496 g/mol. The van der Waals surface area contributed by atoms with E-state index in [4.69, 9.17) is 30.5 Å². The van der Waals surface area contributed by atoms with Crippen molar-refractivity contribution in [1.29, 1.82) is 0 Å². The molecule has 1 N–H and O–H groups in total. The third kappa shape index (κ3) is 4.48. The van der Waals surface area contributed by atoms with Gasteiger partial charge in [0.25, 0.3) is 0 Å². The molecule has 4 rings (SSSR count). The van der Waals surface area contributed by atoms with Crippen molar-refractivity contribution in [2.45, 2.75) is 51.5 Å². The van der Waals surface area contributed by atoms with Crippen molar-refractivity contribution in [3.8, 4) is 0 Å². The maximum Gasteiger partial charge on any atom is 0.303 e. The van der Waals surface area contributed by atoms with Crippen molar-refractivity contribution in [2.24, 2.45) is 4.99 Å². The maximum absolute atomic E-state index is 12.1. The van der Waals surface area contributed by atoms with Gasteiger partial charge in [0.15, 0.2) is 30.4 Å². The first-order valence-electron chi connectivity index (χ1n) is 10.3. The number of amides is 1. The summed E-state index contributed by atoms with van der Waals surface area (Å²) in [5, 5.41) is 2.79. The number of aromatic nitrogens is 2. The molecule has 13 nitrogen and oxygen atoms in total. The molecule has 1 saturated heterocycles. The SMILES string of the molecule is CC(=O)OCC1OC(n2cnc3c2N=CN2C(CCl)=CC(=O)NC32)C(OC(C)=O)C1OC(C)=O. The number of rotatable bonds is 6. The summed E-state index contributed by atoms with van der Waals surface area (Å²) >= 11 is 5.97. The van der Waals surface area contributed by atoms with Crippen LogP contribution in [0.15, 0.2) is 23.1 Å². The molecule has 3 aliphatic heterocycles. The Balaban J connectivity index is 1.70. The van der Waals surface area contributed by atoms with Gasteiger partial charge in [-0.25, -0.2) is 9.98 Å². The lowest BCUT2D eigenvalue weighted by Gasteiger charge is -2.36. The zero-order valence-electron chi connectivity index (χ0n) is 18.5. The van der Waals surface area contributed by atoms with Crippen LogP contribution in [-0.2, 0) is 38.1 Å². The second-order valence-corrected chi connectivity index (χ2v) is 7.98. The Kier molecular flexibility index (Phi) is 6.57. The van der Waals surface area contributed by atoms with Crippen LogP contribution in [0.3, 0.4) is 0 Å². The summed E-state index contributed by atoms with van der Waals surface area (Å²) < 4.78 is 23.4. The zero-order chi connectivity index (χ0) is 24.6. The topological polar surface area (TPSA) is 151 Å². The van der Waals surface area contributed by atoms with E-state index < -0.39 is 48.6 Å². The molecular weight excluding hydrogens is 474 g/mol. The van der Waals surface area contributed by atoms with Crippen LogP contribution in [0.25, 0.3) is 0 Å². The van der Waals surface area contributed by atoms with Crippen LogP contribution in [0, 0.1) is 0 Å². The van der Waals surface area contributed by atoms with E-state index in [1.807, 2.05) is 0 Å². The number of ether oxygens (including phenoxy) is 4. The van der Waals surface area contributed by atoms with E-state index in [9.17, 15) is 19.2 Å². The molecule has 14 heteroatoms. The summed E-state index contributed by atoms with van der Waals surface area (Å²) in [6.45, 7) is 3.40. The number of hydrogen-bond acceptors (Lipinski definition) is 11. The largest absolute Gasteiger partial charge is 0.463 e. The molecular formula is C20H22ClN5O8. The summed E-state index contributed by atoms with van der Waals surface area (Å²) in [5.41, 5.74) is 0.954. The minimum atomic E-state index is -1.09.